The summed E-state index contributed by atoms with van der Waals surface area (Å²) in [5.74, 6) is 0.149. The highest BCUT2D eigenvalue weighted by atomic mass is 35.5. The molecule has 0 saturated carbocycles. The van der Waals surface area contributed by atoms with Crippen LogP contribution in [0.1, 0.15) is 6.42 Å². The fraction of sp³-hybridized carbons (Fsp3) is 0.222. The van der Waals surface area contributed by atoms with Gasteiger partial charge in [0.05, 0.1) is 23.7 Å². The van der Waals surface area contributed by atoms with Gasteiger partial charge in [0.2, 0.25) is 5.88 Å². The van der Waals surface area contributed by atoms with Crippen molar-refractivity contribution in [1.82, 2.24) is 4.98 Å². The van der Waals surface area contributed by atoms with E-state index in [-0.39, 0.29) is 16.7 Å². The largest absolute Gasteiger partial charge is 0.477 e. The van der Waals surface area contributed by atoms with Crippen LogP contribution in [0, 0.1) is 10.1 Å². The van der Waals surface area contributed by atoms with Crippen molar-refractivity contribution in [3.8, 4) is 5.88 Å². The zero-order valence-corrected chi connectivity index (χ0v) is 8.61. The normalized spacial score (nSPS) is 9.67. The van der Waals surface area contributed by atoms with Gasteiger partial charge in [0.15, 0.2) is 0 Å². The predicted molar refractivity (Wildman–Crippen MR) is 56.2 cm³/mol. The molecule has 0 bridgehead atoms. The molecule has 6 heteroatoms. The Morgan fingerprint density at radius 2 is 2.40 bits per heavy atom. The van der Waals surface area contributed by atoms with E-state index in [2.05, 4.69) is 11.6 Å². The lowest BCUT2D eigenvalue weighted by molar-refractivity contribution is -0.385. The van der Waals surface area contributed by atoms with Crippen molar-refractivity contribution in [2.24, 2.45) is 0 Å². The van der Waals surface area contributed by atoms with E-state index in [1.54, 1.807) is 6.08 Å². The summed E-state index contributed by atoms with van der Waals surface area (Å²) in [6, 6.07) is 2.40. The molecule has 0 fully saturated rings. The summed E-state index contributed by atoms with van der Waals surface area (Å²) in [5.41, 5.74) is -0.136. The Kier molecular flexibility index (Phi) is 4.05. The summed E-state index contributed by atoms with van der Waals surface area (Å²) in [4.78, 5) is 13.7. The van der Waals surface area contributed by atoms with Crippen LogP contribution in [0.4, 0.5) is 5.69 Å². The van der Waals surface area contributed by atoms with E-state index in [0.717, 1.165) is 0 Å². The van der Waals surface area contributed by atoms with Crippen molar-refractivity contribution in [1.29, 1.82) is 0 Å². The molecule has 1 rings (SSSR count). The lowest BCUT2D eigenvalue weighted by atomic mass is 10.4. The van der Waals surface area contributed by atoms with Crippen LogP contribution in [0.15, 0.2) is 24.8 Å². The number of hydrogen-bond donors (Lipinski definition) is 0. The summed E-state index contributed by atoms with van der Waals surface area (Å²) in [5, 5.41) is 10.5. The summed E-state index contributed by atoms with van der Waals surface area (Å²) < 4.78 is 5.15. The Labute approximate surface area is 91.5 Å². The maximum Gasteiger partial charge on any atom is 0.277 e. The highest BCUT2D eigenvalue weighted by Gasteiger charge is 2.10. The molecule has 0 atom stereocenters. The van der Waals surface area contributed by atoms with E-state index in [1.807, 2.05) is 0 Å². The molecule has 0 spiro atoms. The summed E-state index contributed by atoms with van der Waals surface area (Å²) >= 11 is 5.59. The number of ether oxygens (including phenoxy) is 1. The highest BCUT2D eigenvalue weighted by Crippen LogP contribution is 2.21. The fourth-order valence-electron chi connectivity index (χ4n) is 0.886. The number of aromatic nitrogens is 1. The molecule has 0 amide bonds. The van der Waals surface area contributed by atoms with Crippen LogP contribution in [0.5, 0.6) is 5.88 Å². The maximum absolute atomic E-state index is 10.5. The van der Waals surface area contributed by atoms with Crippen molar-refractivity contribution in [2.75, 3.05) is 6.61 Å². The van der Waals surface area contributed by atoms with Gasteiger partial charge < -0.3 is 4.74 Å². The molecule has 1 aromatic heterocycles. The number of nitrogens with zero attached hydrogens (tertiary/aromatic N) is 2. The van der Waals surface area contributed by atoms with E-state index in [1.165, 1.54) is 12.1 Å². The van der Waals surface area contributed by atoms with Gasteiger partial charge >= 0.3 is 0 Å². The van der Waals surface area contributed by atoms with E-state index in [0.29, 0.717) is 13.0 Å². The monoisotopic (exact) mass is 228 g/mol. The average Bonchev–Trinajstić information content (AvgIpc) is 2.17. The van der Waals surface area contributed by atoms with E-state index < -0.39 is 4.92 Å². The lowest BCUT2D eigenvalue weighted by Crippen LogP contribution is -1.99. The van der Waals surface area contributed by atoms with Crippen LogP contribution in [0.2, 0.25) is 5.15 Å². The number of halogens is 1. The predicted octanol–water partition coefficient (Wildman–Crippen LogP) is 2.60. The van der Waals surface area contributed by atoms with Gasteiger partial charge in [-0.3, -0.25) is 10.1 Å². The number of rotatable bonds is 5. The van der Waals surface area contributed by atoms with Gasteiger partial charge in [0.1, 0.15) is 5.15 Å². The number of nitro groups is 1. The zero-order chi connectivity index (χ0) is 11.3. The molecule has 0 aliphatic carbocycles. The minimum atomic E-state index is -0.548. The van der Waals surface area contributed by atoms with Crippen LogP contribution in [0.25, 0.3) is 0 Å². The van der Waals surface area contributed by atoms with Crippen molar-refractivity contribution >= 4 is 17.3 Å². The minimum absolute atomic E-state index is 0.0396. The van der Waals surface area contributed by atoms with E-state index >= 15 is 0 Å². The first-order valence-electron chi connectivity index (χ1n) is 4.19. The minimum Gasteiger partial charge on any atom is -0.477 e. The van der Waals surface area contributed by atoms with Crippen molar-refractivity contribution in [3.05, 3.63) is 40.1 Å². The first kappa shape index (κ1) is 11.5. The van der Waals surface area contributed by atoms with Crippen molar-refractivity contribution in [3.63, 3.8) is 0 Å². The third-order valence-corrected chi connectivity index (χ3v) is 1.73. The smallest absolute Gasteiger partial charge is 0.277 e. The molecule has 5 nitrogen and oxygen atoms in total. The molecule has 1 heterocycles. The van der Waals surface area contributed by atoms with Crippen LogP contribution < -0.4 is 4.74 Å². The second-order valence-electron chi connectivity index (χ2n) is 2.67. The van der Waals surface area contributed by atoms with Crippen LogP contribution in [0.3, 0.4) is 0 Å². The van der Waals surface area contributed by atoms with Crippen LogP contribution >= 0.6 is 11.6 Å². The Balaban J connectivity index is 2.79. The lowest BCUT2D eigenvalue weighted by Gasteiger charge is -2.03. The molecule has 0 saturated heterocycles. The van der Waals surface area contributed by atoms with Crippen molar-refractivity contribution < 1.29 is 9.66 Å². The van der Waals surface area contributed by atoms with Gasteiger partial charge in [-0.15, -0.1) is 6.58 Å². The molecular weight excluding hydrogens is 220 g/mol. The topological polar surface area (TPSA) is 65.3 Å². The molecule has 1 aromatic rings. The van der Waals surface area contributed by atoms with Crippen LogP contribution in [-0.4, -0.2) is 16.5 Å². The quantitative estimate of drug-likeness (QED) is 0.255. The van der Waals surface area contributed by atoms with Gasteiger partial charge in [-0.05, 0) is 6.42 Å². The van der Waals surface area contributed by atoms with Gasteiger partial charge in [-0.25, -0.2) is 4.98 Å². The van der Waals surface area contributed by atoms with Crippen molar-refractivity contribution in [2.45, 2.75) is 6.42 Å². The molecule has 80 valence electrons. The Bertz CT molecular complexity index is 382. The first-order chi connectivity index (χ1) is 7.13. The molecule has 0 aliphatic rings. The zero-order valence-electron chi connectivity index (χ0n) is 7.85. The molecule has 15 heavy (non-hydrogen) atoms. The molecule has 0 N–H and O–H groups in total. The Hall–Kier alpha value is -1.62. The first-order valence-corrected chi connectivity index (χ1v) is 4.57. The molecular formula is C9H9ClN2O3. The maximum atomic E-state index is 10.5. The molecule has 0 radical (unpaired) electrons. The van der Waals surface area contributed by atoms with Gasteiger partial charge in [-0.1, -0.05) is 17.7 Å². The Morgan fingerprint density at radius 1 is 1.67 bits per heavy atom. The highest BCUT2D eigenvalue weighted by molar-refractivity contribution is 6.29. The number of hydrogen-bond acceptors (Lipinski definition) is 4. The summed E-state index contributed by atoms with van der Waals surface area (Å²) in [6.45, 7) is 3.89. The summed E-state index contributed by atoms with van der Waals surface area (Å²) in [6.07, 6.45) is 2.32. The van der Waals surface area contributed by atoms with Crippen LogP contribution in [-0.2, 0) is 0 Å². The van der Waals surface area contributed by atoms with Gasteiger partial charge in [0, 0.05) is 0 Å². The Morgan fingerprint density at radius 3 is 3.00 bits per heavy atom. The van der Waals surface area contributed by atoms with E-state index in [9.17, 15) is 10.1 Å². The van der Waals surface area contributed by atoms with Gasteiger partial charge in [0.25, 0.3) is 5.69 Å². The van der Waals surface area contributed by atoms with E-state index in [4.69, 9.17) is 16.3 Å². The van der Waals surface area contributed by atoms with Gasteiger partial charge in [-0.2, -0.15) is 0 Å². The second-order valence-corrected chi connectivity index (χ2v) is 3.06. The molecule has 0 aliphatic heterocycles. The average molecular weight is 229 g/mol. The molecule has 0 aromatic carbocycles. The standard InChI is InChI=1S/C9H9ClN2O3/c1-2-3-4-15-9-6-7(12(13)14)5-8(10)11-9/h2,5-6H,1,3-4H2. The fourth-order valence-corrected chi connectivity index (χ4v) is 1.08. The molecule has 0 unspecified atom stereocenters. The third kappa shape index (κ3) is 3.55. The summed E-state index contributed by atoms with van der Waals surface area (Å²) in [7, 11) is 0. The second kappa shape index (κ2) is 5.31. The number of pyridine rings is 1. The third-order valence-electron chi connectivity index (χ3n) is 1.54. The SMILES string of the molecule is C=CCCOc1cc([N+](=O)[O-])cc(Cl)n1.